The molecule has 2 aromatic heterocycles. The molecule has 0 aliphatic heterocycles. The summed E-state index contributed by atoms with van der Waals surface area (Å²) in [5.74, 6) is 1.47. The second-order valence-corrected chi connectivity index (χ2v) is 5.92. The number of nitrogens with zero attached hydrogens (tertiary/aromatic N) is 3. The molecule has 102 valence electrons. The van der Waals surface area contributed by atoms with E-state index in [1.54, 1.807) is 11.3 Å². The van der Waals surface area contributed by atoms with Crippen LogP contribution in [0.2, 0.25) is 0 Å². The van der Waals surface area contributed by atoms with E-state index in [1.165, 1.54) is 0 Å². The lowest BCUT2D eigenvalue weighted by Crippen LogP contribution is -2.06. The molecule has 0 radical (unpaired) electrons. The number of Topliss-reactive ketones (excluding diaryl/α,β-unsaturated/α-hetero) is 1. The van der Waals surface area contributed by atoms with Crippen molar-refractivity contribution in [2.75, 3.05) is 0 Å². The zero-order valence-electron chi connectivity index (χ0n) is 11.3. The van der Waals surface area contributed by atoms with Gasteiger partial charge in [-0.25, -0.2) is 4.98 Å². The summed E-state index contributed by atoms with van der Waals surface area (Å²) >= 11 is 1.58. The quantitative estimate of drug-likeness (QED) is 0.813. The summed E-state index contributed by atoms with van der Waals surface area (Å²) in [7, 11) is 0. The van der Waals surface area contributed by atoms with Gasteiger partial charge in [0, 0.05) is 17.5 Å². The van der Waals surface area contributed by atoms with Crippen LogP contribution in [0, 0.1) is 12.8 Å². The van der Waals surface area contributed by atoms with Crippen LogP contribution in [-0.4, -0.2) is 20.9 Å². The fourth-order valence-corrected chi connectivity index (χ4v) is 2.52. The second kappa shape index (κ2) is 6.06. The van der Waals surface area contributed by atoms with Crippen molar-refractivity contribution in [2.24, 2.45) is 5.92 Å². The average molecular weight is 279 g/mol. The first-order chi connectivity index (χ1) is 9.02. The van der Waals surface area contributed by atoms with E-state index < -0.39 is 0 Å². The van der Waals surface area contributed by atoms with Gasteiger partial charge in [-0.05, 0) is 12.8 Å². The van der Waals surface area contributed by atoms with Crippen LogP contribution in [0.3, 0.4) is 0 Å². The van der Waals surface area contributed by atoms with Crippen LogP contribution in [-0.2, 0) is 17.6 Å². The summed E-state index contributed by atoms with van der Waals surface area (Å²) in [5, 5.41) is 6.83. The van der Waals surface area contributed by atoms with Crippen LogP contribution >= 0.6 is 11.3 Å². The average Bonchev–Trinajstić information content (AvgIpc) is 2.88. The lowest BCUT2D eigenvalue weighted by molar-refractivity contribution is -0.119. The Balaban J connectivity index is 1.93. The van der Waals surface area contributed by atoms with Gasteiger partial charge < -0.3 is 4.52 Å². The van der Waals surface area contributed by atoms with E-state index >= 15 is 0 Å². The largest absolute Gasteiger partial charge is 0.339 e. The molecule has 6 heteroatoms. The van der Waals surface area contributed by atoms with Crippen LogP contribution in [0.4, 0.5) is 0 Å². The molecule has 0 aliphatic rings. The highest BCUT2D eigenvalue weighted by Crippen LogP contribution is 2.13. The van der Waals surface area contributed by atoms with Crippen molar-refractivity contribution in [3.05, 3.63) is 27.8 Å². The monoisotopic (exact) mass is 279 g/mol. The summed E-state index contributed by atoms with van der Waals surface area (Å²) in [6.07, 6.45) is 1.33. The third-order valence-electron chi connectivity index (χ3n) is 2.47. The van der Waals surface area contributed by atoms with Crippen molar-refractivity contribution in [1.82, 2.24) is 15.1 Å². The number of thiazole rings is 1. The van der Waals surface area contributed by atoms with Gasteiger partial charge in [0.25, 0.3) is 0 Å². The van der Waals surface area contributed by atoms with Gasteiger partial charge in [0.1, 0.15) is 10.8 Å². The van der Waals surface area contributed by atoms with Crippen LogP contribution in [0.5, 0.6) is 0 Å². The Kier molecular flexibility index (Phi) is 4.42. The Labute approximate surface area is 116 Å². The molecule has 0 unspecified atom stereocenters. The van der Waals surface area contributed by atoms with Crippen molar-refractivity contribution >= 4 is 17.1 Å². The third-order valence-corrected chi connectivity index (χ3v) is 3.44. The third kappa shape index (κ3) is 4.24. The lowest BCUT2D eigenvalue weighted by atomic mass is 10.1. The molecule has 0 N–H and O–H groups in total. The van der Waals surface area contributed by atoms with Crippen LogP contribution in [0.15, 0.2) is 9.90 Å². The molecular formula is C13H17N3O2S. The molecular weight excluding hydrogens is 262 g/mol. The van der Waals surface area contributed by atoms with Crippen LogP contribution in [0.25, 0.3) is 0 Å². The van der Waals surface area contributed by atoms with E-state index in [1.807, 2.05) is 26.2 Å². The molecule has 0 amide bonds. The summed E-state index contributed by atoms with van der Waals surface area (Å²) in [6.45, 7) is 5.98. The minimum Gasteiger partial charge on any atom is -0.339 e. The van der Waals surface area contributed by atoms with Gasteiger partial charge >= 0.3 is 0 Å². The number of carbonyl (C=O) groups excluding carboxylic acids is 1. The number of aryl methyl sites for hydroxylation is 1. The van der Waals surface area contributed by atoms with Crippen LogP contribution in [0.1, 0.15) is 42.7 Å². The van der Waals surface area contributed by atoms with Crippen molar-refractivity contribution in [3.63, 3.8) is 0 Å². The van der Waals surface area contributed by atoms with Gasteiger partial charge in [-0.1, -0.05) is 19.0 Å². The zero-order valence-corrected chi connectivity index (χ0v) is 12.2. The minimum atomic E-state index is 0.135. The van der Waals surface area contributed by atoms with E-state index in [9.17, 15) is 4.79 Å². The summed E-state index contributed by atoms with van der Waals surface area (Å²) in [4.78, 5) is 20.2. The van der Waals surface area contributed by atoms with E-state index in [0.717, 1.165) is 10.7 Å². The molecule has 0 fully saturated rings. The summed E-state index contributed by atoms with van der Waals surface area (Å²) in [6, 6.07) is 0. The van der Waals surface area contributed by atoms with Gasteiger partial charge in [-0.3, -0.25) is 4.79 Å². The Bertz CT molecular complexity index is 560. The Morgan fingerprint density at radius 1 is 1.42 bits per heavy atom. The van der Waals surface area contributed by atoms with Gasteiger partial charge in [-0.2, -0.15) is 4.98 Å². The van der Waals surface area contributed by atoms with Crippen molar-refractivity contribution in [2.45, 2.75) is 40.0 Å². The van der Waals surface area contributed by atoms with E-state index in [-0.39, 0.29) is 12.2 Å². The highest BCUT2D eigenvalue weighted by atomic mass is 32.1. The highest BCUT2D eigenvalue weighted by Gasteiger charge is 2.13. The second-order valence-electron chi connectivity index (χ2n) is 4.98. The Hall–Kier alpha value is -1.56. The van der Waals surface area contributed by atoms with Gasteiger partial charge in [0.2, 0.25) is 5.89 Å². The normalized spacial score (nSPS) is 11.2. The number of ketones is 1. The molecule has 0 saturated carbocycles. The predicted octanol–water partition coefficient (Wildman–Crippen LogP) is 2.58. The molecule has 2 aromatic rings. The summed E-state index contributed by atoms with van der Waals surface area (Å²) < 4.78 is 5.09. The zero-order chi connectivity index (χ0) is 13.8. The number of hydrogen-bond donors (Lipinski definition) is 0. The number of rotatable bonds is 6. The lowest BCUT2D eigenvalue weighted by Gasteiger charge is -2.00. The molecule has 5 nitrogen and oxygen atoms in total. The molecule has 0 bridgehead atoms. The van der Waals surface area contributed by atoms with Crippen molar-refractivity contribution < 1.29 is 9.32 Å². The standard InChI is InChI=1S/C13H17N3O2S/c1-8(2)4-10(17)5-12-15-11(16-18-12)6-13-14-9(3)7-19-13/h7-8H,4-6H2,1-3H3. The molecule has 2 rings (SSSR count). The maximum atomic E-state index is 11.7. The number of aromatic nitrogens is 3. The molecule has 0 spiro atoms. The van der Waals surface area contributed by atoms with E-state index in [2.05, 4.69) is 15.1 Å². The SMILES string of the molecule is Cc1csc(Cc2noc(CC(=O)CC(C)C)n2)n1. The van der Waals surface area contributed by atoms with Crippen LogP contribution < -0.4 is 0 Å². The van der Waals surface area contributed by atoms with E-state index in [0.29, 0.717) is 30.5 Å². The number of carbonyl (C=O) groups is 1. The minimum absolute atomic E-state index is 0.135. The maximum Gasteiger partial charge on any atom is 0.234 e. The van der Waals surface area contributed by atoms with Gasteiger partial charge in [-0.15, -0.1) is 11.3 Å². The first kappa shape index (κ1) is 13.9. The van der Waals surface area contributed by atoms with Crippen molar-refractivity contribution in [3.8, 4) is 0 Å². The Morgan fingerprint density at radius 3 is 2.84 bits per heavy atom. The first-order valence-corrected chi connectivity index (χ1v) is 7.15. The molecule has 0 aliphatic carbocycles. The smallest absolute Gasteiger partial charge is 0.234 e. The molecule has 19 heavy (non-hydrogen) atoms. The Morgan fingerprint density at radius 2 is 2.21 bits per heavy atom. The molecule has 2 heterocycles. The highest BCUT2D eigenvalue weighted by molar-refractivity contribution is 7.09. The molecule has 0 atom stereocenters. The molecule has 0 saturated heterocycles. The van der Waals surface area contributed by atoms with Crippen molar-refractivity contribution in [1.29, 1.82) is 0 Å². The summed E-state index contributed by atoms with van der Waals surface area (Å²) in [5.41, 5.74) is 0.996. The van der Waals surface area contributed by atoms with E-state index in [4.69, 9.17) is 4.52 Å². The fraction of sp³-hybridized carbons (Fsp3) is 0.538. The maximum absolute atomic E-state index is 11.7. The number of hydrogen-bond acceptors (Lipinski definition) is 6. The van der Waals surface area contributed by atoms with Gasteiger partial charge in [0.05, 0.1) is 12.8 Å². The topological polar surface area (TPSA) is 68.9 Å². The van der Waals surface area contributed by atoms with Gasteiger partial charge in [0.15, 0.2) is 5.82 Å². The fourth-order valence-electron chi connectivity index (χ4n) is 1.75. The predicted molar refractivity (Wildman–Crippen MR) is 72.1 cm³/mol. The molecule has 0 aromatic carbocycles. The first-order valence-electron chi connectivity index (χ1n) is 6.27.